The lowest BCUT2D eigenvalue weighted by Crippen LogP contribution is -2.06. The van der Waals surface area contributed by atoms with Gasteiger partial charge in [0.25, 0.3) is 0 Å². The molecule has 0 aliphatic rings. The minimum Gasteiger partial charge on any atom is -0.266 e. The van der Waals surface area contributed by atoms with Crippen molar-refractivity contribution < 1.29 is 13.2 Å². The fourth-order valence-electron chi connectivity index (χ4n) is 2.13. The third-order valence-corrected chi connectivity index (χ3v) is 3.34. The largest absolute Gasteiger partial charge is 0.417 e. The molecule has 0 atom stereocenters. The van der Waals surface area contributed by atoms with Crippen molar-refractivity contribution in [3.8, 4) is 11.1 Å². The number of aromatic amines is 1. The number of hydrogen-bond donors (Lipinski definition) is 1. The molecule has 0 spiro atoms. The van der Waals surface area contributed by atoms with Crippen LogP contribution in [0.2, 0.25) is 5.15 Å². The monoisotopic (exact) mass is 296 g/mol. The molecule has 0 radical (unpaired) electrons. The Labute approximate surface area is 117 Å². The van der Waals surface area contributed by atoms with E-state index < -0.39 is 11.7 Å². The van der Waals surface area contributed by atoms with Crippen molar-refractivity contribution in [1.82, 2.24) is 10.2 Å². The standard InChI is InChI=1S/C14H8ClF3N2/c15-13-10-7-8(5-6-12(10)19-20-13)9-3-1-2-4-11(9)14(16,17)18/h1-7H,(H,19,20). The van der Waals surface area contributed by atoms with Gasteiger partial charge in [-0.05, 0) is 29.3 Å². The average molecular weight is 297 g/mol. The average Bonchev–Trinajstić information content (AvgIpc) is 2.79. The highest BCUT2D eigenvalue weighted by Gasteiger charge is 2.33. The Bertz CT molecular complexity index is 777. The van der Waals surface area contributed by atoms with E-state index in [1.807, 2.05) is 0 Å². The lowest BCUT2D eigenvalue weighted by molar-refractivity contribution is -0.137. The van der Waals surface area contributed by atoms with E-state index in [0.29, 0.717) is 21.6 Å². The first-order chi connectivity index (χ1) is 9.47. The molecule has 1 aromatic heterocycles. The van der Waals surface area contributed by atoms with Crippen LogP contribution in [0.25, 0.3) is 22.0 Å². The predicted molar refractivity (Wildman–Crippen MR) is 71.5 cm³/mol. The van der Waals surface area contributed by atoms with Gasteiger partial charge in [-0.3, -0.25) is 5.10 Å². The van der Waals surface area contributed by atoms with Crippen LogP contribution in [0.5, 0.6) is 0 Å². The second-order valence-corrected chi connectivity index (χ2v) is 4.69. The summed E-state index contributed by atoms with van der Waals surface area (Å²) in [5.41, 5.74) is 0.523. The molecule has 2 aromatic carbocycles. The smallest absolute Gasteiger partial charge is 0.266 e. The second kappa shape index (κ2) is 4.52. The van der Waals surface area contributed by atoms with E-state index in [0.717, 1.165) is 6.07 Å². The number of benzene rings is 2. The maximum absolute atomic E-state index is 13.0. The van der Waals surface area contributed by atoms with Crippen molar-refractivity contribution in [1.29, 1.82) is 0 Å². The van der Waals surface area contributed by atoms with Crippen LogP contribution in [-0.4, -0.2) is 10.2 Å². The lowest BCUT2D eigenvalue weighted by Gasteiger charge is -2.12. The number of fused-ring (bicyclic) bond motifs is 1. The lowest BCUT2D eigenvalue weighted by atomic mass is 9.98. The van der Waals surface area contributed by atoms with Crippen LogP contribution in [0.15, 0.2) is 42.5 Å². The molecule has 0 aliphatic carbocycles. The molecular formula is C14H8ClF3N2. The van der Waals surface area contributed by atoms with Crippen molar-refractivity contribution in [2.45, 2.75) is 6.18 Å². The molecule has 0 saturated carbocycles. The maximum atomic E-state index is 13.0. The molecule has 102 valence electrons. The molecule has 0 unspecified atom stereocenters. The SMILES string of the molecule is FC(F)(F)c1ccccc1-c1ccc2n[nH]c(Cl)c2c1. The molecule has 1 N–H and O–H groups in total. The van der Waals surface area contributed by atoms with Crippen LogP contribution in [0, 0.1) is 0 Å². The molecule has 0 saturated heterocycles. The topological polar surface area (TPSA) is 28.7 Å². The quantitative estimate of drug-likeness (QED) is 0.679. The van der Waals surface area contributed by atoms with Crippen LogP contribution in [0.1, 0.15) is 5.56 Å². The first-order valence-corrected chi connectivity index (χ1v) is 6.15. The molecule has 0 bridgehead atoms. The van der Waals surface area contributed by atoms with Gasteiger partial charge in [-0.2, -0.15) is 18.3 Å². The van der Waals surface area contributed by atoms with Crippen molar-refractivity contribution >= 4 is 22.5 Å². The zero-order chi connectivity index (χ0) is 14.3. The normalized spacial score (nSPS) is 12.0. The Hall–Kier alpha value is -2.01. The van der Waals surface area contributed by atoms with Crippen molar-refractivity contribution in [3.05, 3.63) is 53.2 Å². The highest BCUT2D eigenvalue weighted by atomic mass is 35.5. The van der Waals surface area contributed by atoms with E-state index in [2.05, 4.69) is 10.2 Å². The summed E-state index contributed by atoms with van der Waals surface area (Å²) in [5.74, 6) is 0. The molecule has 3 aromatic rings. The predicted octanol–water partition coefficient (Wildman–Crippen LogP) is 4.90. The summed E-state index contributed by atoms with van der Waals surface area (Å²) in [6.45, 7) is 0. The van der Waals surface area contributed by atoms with Crippen LogP contribution < -0.4 is 0 Å². The number of halogens is 4. The van der Waals surface area contributed by atoms with Gasteiger partial charge in [0.2, 0.25) is 0 Å². The third-order valence-electron chi connectivity index (χ3n) is 3.05. The van der Waals surface area contributed by atoms with Gasteiger partial charge in [0, 0.05) is 5.39 Å². The highest BCUT2D eigenvalue weighted by Crippen LogP contribution is 2.38. The van der Waals surface area contributed by atoms with E-state index in [9.17, 15) is 13.2 Å². The minimum atomic E-state index is -4.40. The molecular weight excluding hydrogens is 289 g/mol. The molecule has 0 aliphatic heterocycles. The summed E-state index contributed by atoms with van der Waals surface area (Å²) in [6.07, 6.45) is -4.40. The van der Waals surface area contributed by atoms with Crippen molar-refractivity contribution in [2.24, 2.45) is 0 Å². The molecule has 1 heterocycles. The van der Waals surface area contributed by atoms with E-state index >= 15 is 0 Å². The Morgan fingerprint density at radius 2 is 1.80 bits per heavy atom. The van der Waals surface area contributed by atoms with Gasteiger partial charge < -0.3 is 0 Å². The first kappa shape index (κ1) is 13.0. The highest BCUT2D eigenvalue weighted by molar-refractivity contribution is 6.34. The molecule has 0 amide bonds. The minimum absolute atomic E-state index is 0.124. The van der Waals surface area contributed by atoms with Gasteiger partial charge in [0.05, 0.1) is 11.1 Å². The summed E-state index contributed by atoms with van der Waals surface area (Å²) < 4.78 is 39.1. The number of rotatable bonds is 1. The van der Waals surface area contributed by atoms with Gasteiger partial charge in [0.1, 0.15) is 5.15 Å². The molecule has 20 heavy (non-hydrogen) atoms. The molecule has 2 nitrogen and oxygen atoms in total. The fraction of sp³-hybridized carbons (Fsp3) is 0.0714. The summed E-state index contributed by atoms with van der Waals surface area (Å²) in [7, 11) is 0. The van der Waals surface area contributed by atoms with Crippen LogP contribution >= 0.6 is 11.6 Å². The maximum Gasteiger partial charge on any atom is 0.417 e. The van der Waals surface area contributed by atoms with Crippen LogP contribution in [-0.2, 0) is 6.18 Å². The Kier molecular flexibility index (Phi) is 2.94. The Balaban J connectivity index is 2.23. The third kappa shape index (κ3) is 2.14. The number of nitrogens with zero attached hydrogens (tertiary/aromatic N) is 1. The first-order valence-electron chi connectivity index (χ1n) is 5.77. The van der Waals surface area contributed by atoms with Crippen LogP contribution in [0.3, 0.4) is 0 Å². The van der Waals surface area contributed by atoms with Gasteiger partial charge in [-0.25, -0.2) is 0 Å². The zero-order valence-corrected chi connectivity index (χ0v) is 10.8. The number of alkyl halides is 3. The van der Waals surface area contributed by atoms with E-state index in [1.54, 1.807) is 24.3 Å². The van der Waals surface area contributed by atoms with Gasteiger partial charge in [-0.15, -0.1) is 0 Å². The Morgan fingerprint density at radius 3 is 2.55 bits per heavy atom. The molecule has 3 rings (SSSR count). The van der Waals surface area contributed by atoms with Gasteiger partial charge in [-0.1, -0.05) is 35.9 Å². The number of hydrogen-bond acceptors (Lipinski definition) is 1. The second-order valence-electron chi connectivity index (χ2n) is 4.31. The van der Waals surface area contributed by atoms with E-state index in [-0.39, 0.29) is 5.56 Å². The summed E-state index contributed by atoms with van der Waals surface area (Å²) >= 11 is 5.92. The number of nitrogens with one attached hydrogen (secondary N) is 1. The number of aromatic nitrogens is 2. The van der Waals surface area contributed by atoms with Crippen molar-refractivity contribution in [3.63, 3.8) is 0 Å². The van der Waals surface area contributed by atoms with Crippen molar-refractivity contribution in [2.75, 3.05) is 0 Å². The summed E-state index contributed by atoms with van der Waals surface area (Å²) in [4.78, 5) is 0. The van der Waals surface area contributed by atoms with E-state index in [4.69, 9.17) is 11.6 Å². The van der Waals surface area contributed by atoms with Gasteiger partial charge in [0.15, 0.2) is 0 Å². The van der Waals surface area contributed by atoms with E-state index in [1.165, 1.54) is 12.1 Å². The molecule has 6 heteroatoms. The molecule has 0 fully saturated rings. The Morgan fingerprint density at radius 1 is 1.05 bits per heavy atom. The van der Waals surface area contributed by atoms with Gasteiger partial charge >= 0.3 is 6.18 Å². The van der Waals surface area contributed by atoms with Crippen LogP contribution in [0.4, 0.5) is 13.2 Å². The number of H-pyrrole nitrogens is 1. The zero-order valence-electron chi connectivity index (χ0n) is 10.0. The summed E-state index contributed by atoms with van der Waals surface area (Å²) in [6, 6.07) is 10.3. The summed E-state index contributed by atoms with van der Waals surface area (Å²) in [5, 5.41) is 7.45. The fourth-order valence-corrected chi connectivity index (χ4v) is 2.32.